The van der Waals surface area contributed by atoms with Crippen LogP contribution < -0.4 is 0 Å². The summed E-state index contributed by atoms with van der Waals surface area (Å²) in [6, 6.07) is 0. The molecule has 4 aliphatic rings. The molecule has 1 heterocycles. The first kappa shape index (κ1) is 14.0. The molecule has 0 unspecified atom stereocenters. The molecule has 0 aromatic carbocycles. The summed E-state index contributed by atoms with van der Waals surface area (Å²) < 4.78 is 6.65. The van der Waals surface area contributed by atoms with E-state index in [1.165, 1.54) is 12.8 Å². The van der Waals surface area contributed by atoms with Crippen molar-refractivity contribution in [2.45, 2.75) is 75.4 Å². The van der Waals surface area contributed by atoms with E-state index in [2.05, 4.69) is 0 Å². The molecule has 4 heteroatoms. The highest BCUT2D eigenvalue weighted by molar-refractivity contribution is 5.78. The number of aliphatic hydroxyl groups is 1. The van der Waals surface area contributed by atoms with Crippen molar-refractivity contribution < 1.29 is 19.7 Å². The first-order valence-corrected chi connectivity index (χ1v) is 8.63. The SMILES string of the molecule is O=C(O)[C@@]12CCC[C@@](CO)(C1)OC21C2CCCC1CCC2. The van der Waals surface area contributed by atoms with Crippen LogP contribution in [0.2, 0.25) is 0 Å². The van der Waals surface area contributed by atoms with Gasteiger partial charge in [0.1, 0.15) is 5.41 Å². The topological polar surface area (TPSA) is 66.8 Å². The van der Waals surface area contributed by atoms with Crippen molar-refractivity contribution in [3.8, 4) is 0 Å². The van der Waals surface area contributed by atoms with Gasteiger partial charge in [-0.25, -0.2) is 0 Å². The van der Waals surface area contributed by atoms with Crippen LogP contribution in [0.25, 0.3) is 0 Å². The van der Waals surface area contributed by atoms with E-state index in [4.69, 9.17) is 4.74 Å². The molecule has 2 N–H and O–H groups in total. The van der Waals surface area contributed by atoms with Gasteiger partial charge in [-0.2, -0.15) is 0 Å². The minimum absolute atomic E-state index is 0.0246. The molecular weight excluding hydrogens is 268 g/mol. The maximum atomic E-state index is 12.3. The highest BCUT2D eigenvalue weighted by Crippen LogP contribution is 2.69. The standard InChI is InChI=1S/C17H26O4/c18-11-15-8-3-9-16(10-15,14(19)20)17(21-15)12-4-1-5-13(17)7-2-6-12/h12-13,18H,1-11H2,(H,19,20)/t12?,13?,15-,16+,17?/m0/s1. The summed E-state index contributed by atoms with van der Waals surface area (Å²) in [4.78, 5) is 12.3. The Bertz CT molecular complexity index is 440. The summed E-state index contributed by atoms with van der Waals surface area (Å²) >= 11 is 0. The van der Waals surface area contributed by atoms with Gasteiger partial charge in [0.25, 0.3) is 0 Å². The minimum Gasteiger partial charge on any atom is -0.481 e. The van der Waals surface area contributed by atoms with Crippen LogP contribution in [-0.2, 0) is 9.53 Å². The number of hydrogen-bond donors (Lipinski definition) is 2. The number of hydrogen-bond acceptors (Lipinski definition) is 3. The molecule has 118 valence electrons. The Morgan fingerprint density at radius 1 is 1.05 bits per heavy atom. The lowest BCUT2D eigenvalue weighted by Crippen LogP contribution is -2.62. The van der Waals surface area contributed by atoms with Crippen molar-refractivity contribution in [3.63, 3.8) is 0 Å². The van der Waals surface area contributed by atoms with Gasteiger partial charge in [-0.3, -0.25) is 4.79 Å². The number of carbonyl (C=O) groups is 1. The van der Waals surface area contributed by atoms with Gasteiger partial charge in [0, 0.05) is 0 Å². The summed E-state index contributed by atoms with van der Waals surface area (Å²) in [6.07, 6.45) is 9.79. The van der Waals surface area contributed by atoms with Gasteiger partial charge in [-0.05, 0) is 63.2 Å². The van der Waals surface area contributed by atoms with E-state index in [-0.39, 0.29) is 6.61 Å². The van der Waals surface area contributed by atoms with E-state index in [0.717, 1.165) is 44.9 Å². The Balaban J connectivity index is 1.87. The second-order valence-corrected chi connectivity index (χ2v) is 7.91. The summed E-state index contributed by atoms with van der Waals surface area (Å²) in [5.74, 6) is 0.0941. The Morgan fingerprint density at radius 2 is 1.67 bits per heavy atom. The molecule has 4 rings (SSSR count). The van der Waals surface area contributed by atoms with Crippen LogP contribution >= 0.6 is 0 Å². The summed E-state index contributed by atoms with van der Waals surface area (Å²) in [5.41, 5.74) is -1.82. The molecule has 1 aliphatic heterocycles. The minimum atomic E-state index is -0.746. The first-order chi connectivity index (χ1) is 10.1. The third-order valence-corrected chi connectivity index (χ3v) is 7.11. The van der Waals surface area contributed by atoms with Gasteiger partial charge >= 0.3 is 5.97 Å². The second-order valence-electron chi connectivity index (χ2n) is 7.91. The van der Waals surface area contributed by atoms with Crippen LogP contribution in [0.5, 0.6) is 0 Å². The number of carboxylic acids is 1. The van der Waals surface area contributed by atoms with Crippen molar-refractivity contribution >= 4 is 5.97 Å². The molecule has 0 amide bonds. The molecule has 3 aliphatic carbocycles. The van der Waals surface area contributed by atoms with Gasteiger partial charge in [0.2, 0.25) is 0 Å². The summed E-state index contributed by atoms with van der Waals surface area (Å²) in [6.45, 7) is -0.0246. The molecule has 4 nitrogen and oxygen atoms in total. The molecule has 1 spiro atoms. The van der Waals surface area contributed by atoms with Crippen molar-refractivity contribution in [1.82, 2.24) is 0 Å². The lowest BCUT2D eigenvalue weighted by Gasteiger charge is -2.56. The molecule has 0 aromatic heterocycles. The molecule has 21 heavy (non-hydrogen) atoms. The normalized spacial score (nSPS) is 52.0. The Hall–Kier alpha value is -0.610. The maximum Gasteiger partial charge on any atom is 0.312 e. The zero-order valence-corrected chi connectivity index (χ0v) is 12.6. The van der Waals surface area contributed by atoms with Crippen molar-refractivity contribution in [2.24, 2.45) is 17.3 Å². The highest BCUT2D eigenvalue weighted by atomic mass is 16.5. The molecule has 1 saturated heterocycles. The van der Waals surface area contributed by atoms with Gasteiger partial charge < -0.3 is 14.9 Å². The van der Waals surface area contributed by atoms with Crippen molar-refractivity contribution in [3.05, 3.63) is 0 Å². The molecule has 2 atom stereocenters. The van der Waals surface area contributed by atoms with Crippen LogP contribution in [0.1, 0.15) is 64.2 Å². The van der Waals surface area contributed by atoms with Crippen molar-refractivity contribution in [1.29, 1.82) is 0 Å². The maximum absolute atomic E-state index is 12.3. The fourth-order valence-electron chi connectivity index (χ4n) is 6.48. The second kappa shape index (κ2) is 4.45. The van der Waals surface area contributed by atoms with E-state index in [1.807, 2.05) is 0 Å². The highest BCUT2D eigenvalue weighted by Gasteiger charge is 2.74. The lowest BCUT2D eigenvalue weighted by molar-refractivity contribution is -0.225. The smallest absolute Gasteiger partial charge is 0.312 e. The predicted molar refractivity (Wildman–Crippen MR) is 76.9 cm³/mol. The number of carboxylic acid groups (broad SMARTS) is 1. The number of aliphatic carboxylic acids is 1. The van der Waals surface area contributed by atoms with Crippen LogP contribution in [0.15, 0.2) is 0 Å². The fraction of sp³-hybridized carbons (Fsp3) is 0.941. The van der Waals surface area contributed by atoms with E-state index in [0.29, 0.717) is 18.3 Å². The van der Waals surface area contributed by atoms with E-state index in [1.54, 1.807) is 0 Å². The average Bonchev–Trinajstić information content (AvgIpc) is 2.65. The average molecular weight is 294 g/mol. The Morgan fingerprint density at radius 3 is 2.19 bits per heavy atom. The molecule has 0 radical (unpaired) electrons. The molecular formula is C17H26O4. The molecule has 3 saturated carbocycles. The third-order valence-electron chi connectivity index (χ3n) is 7.11. The number of ether oxygens (including phenoxy) is 1. The third kappa shape index (κ3) is 1.56. The zero-order valence-electron chi connectivity index (χ0n) is 12.6. The van der Waals surface area contributed by atoms with Crippen molar-refractivity contribution in [2.75, 3.05) is 6.61 Å². The van der Waals surface area contributed by atoms with Gasteiger partial charge in [-0.15, -0.1) is 0 Å². The predicted octanol–water partition coefficient (Wildman–Crippen LogP) is 2.73. The monoisotopic (exact) mass is 294 g/mol. The van der Waals surface area contributed by atoms with Crippen LogP contribution in [-0.4, -0.2) is 34.0 Å². The zero-order chi connectivity index (χ0) is 14.7. The Labute approximate surface area is 125 Å². The van der Waals surface area contributed by atoms with E-state index >= 15 is 0 Å². The van der Waals surface area contributed by atoms with E-state index < -0.39 is 22.6 Å². The van der Waals surface area contributed by atoms with Crippen LogP contribution in [0, 0.1) is 17.3 Å². The number of rotatable bonds is 2. The van der Waals surface area contributed by atoms with Crippen LogP contribution in [0.3, 0.4) is 0 Å². The molecule has 0 aromatic rings. The van der Waals surface area contributed by atoms with Gasteiger partial charge in [-0.1, -0.05) is 12.8 Å². The summed E-state index contributed by atoms with van der Waals surface area (Å²) in [7, 11) is 0. The van der Waals surface area contributed by atoms with Crippen LogP contribution in [0.4, 0.5) is 0 Å². The number of aliphatic hydroxyl groups excluding tert-OH is 1. The van der Waals surface area contributed by atoms with Gasteiger partial charge in [0.15, 0.2) is 0 Å². The largest absolute Gasteiger partial charge is 0.481 e. The van der Waals surface area contributed by atoms with Gasteiger partial charge in [0.05, 0.1) is 17.8 Å². The molecule has 4 bridgehead atoms. The molecule has 4 fully saturated rings. The summed E-state index contributed by atoms with van der Waals surface area (Å²) in [5, 5.41) is 20.1. The quantitative estimate of drug-likeness (QED) is 0.822. The first-order valence-electron chi connectivity index (χ1n) is 8.63. The fourth-order valence-corrected chi connectivity index (χ4v) is 6.48. The van der Waals surface area contributed by atoms with E-state index in [9.17, 15) is 15.0 Å². The lowest BCUT2D eigenvalue weighted by atomic mass is 9.49. The Kier molecular flexibility index (Phi) is 2.97. The number of fused-ring (bicyclic) bond motifs is 2.